The zero-order valence-corrected chi connectivity index (χ0v) is 17.1. The first-order valence-electron chi connectivity index (χ1n) is 9.95. The van der Waals surface area contributed by atoms with Crippen LogP contribution in [0.2, 0.25) is 0 Å². The summed E-state index contributed by atoms with van der Waals surface area (Å²) in [6, 6.07) is 13.0. The number of hydrogen-bond acceptors (Lipinski definition) is 4. The minimum Gasteiger partial charge on any atom is -0.493 e. The van der Waals surface area contributed by atoms with Gasteiger partial charge in [0.25, 0.3) is 0 Å². The van der Waals surface area contributed by atoms with Crippen molar-refractivity contribution in [3.63, 3.8) is 0 Å². The molecule has 0 N–H and O–H groups in total. The molecule has 1 saturated heterocycles. The molecule has 142 valence electrons. The van der Waals surface area contributed by atoms with Crippen molar-refractivity contribution in [1.82, 2.24) is 9.88 Å². The average Bonchev–Trinajstić information content (AvgIpc) is 3.16. The van der Waals surface area contributed by atoms with E-state index in [-0.39, 0.29) is 0 Å². The fourth-order valence-corrected chi connectivity index (χ4v) is 4.75. The van der Waals surface area contributed by atoms with Gasteiger partial charge in [-0.15, -0.1) is 11.3 Å². The Morgan fingerprint density at radius 3 is 2.85 bits per heavy atom. The smallest absolute Gasteiger partial charge is 0.121 e. The topological polar surface area (TPSA) is 25.4 Å². The van der Waals surface area contributed by atoms with E-state index in [1.165, 1.54) is 41.8 Å². The number of ether oxygens (including phenoxy) is 1. The number of piperidine rings is 1. The van der Waals surface area contributed by atoms with Crippen LogP contribution in [0.3, 0.4) is 0 Å². The molecule has 0 aliphatic carbocycles. The van der Waals surface area contributed by atoms with Crippen LogP contribution >= 0.6 is 11.3 Å². The number of aromatic nitrogens is 1. The van der Waals surface area contributed by atoms with Crippen molar-refractivity contribution in [2.75, 3.05) is 26.2 Å². The number of thiazole rings is 1. The summed E-state index contributed by atoms with van der Waals surface area (Å²) in [5, 5.41) is 0. The van der Waals surface area contributed by atoms with Crippen molar-refractivity contribution >= 4 is 21.6 Å². The van der Waals surface area contributed by atoms with Gasteiger partial charge in [0.1, 0.15) is 5.75 Å². The summed E-state index contributed by atoms with van der Waals surface area (Å²) in [4.78, 5) is 6.95. The van der Waals surface area contributed by atoms with Crippen molar-refractivity contribution in [2.24, 2.45) is 0 Å². The predicted molar refractivity (Wildman–Crippen MR) is 114 cm³/mol. The molecule has 1 aromatic heterocycles. The molecule has 1 aliphatic rings. The lowest BCUT2D eigenvalue weighted by Crippen LogP contribution is -2.34. The Balaban J connectivity index is 1.21. The summed E-state index contributed by atoms with van der Waals surface area (Å²) in [5.41, 5.74) is 7.39. The van der Waals surface area contributed by atoms with Crippen LogP contribution in [0.25, 0.3) is 10.2 Å². The highest BCUT2D eigenvalue weighted by molar-refractivity contribution is 7.16. The summed E-state index contributed by atoms with van der Waals surface area (Å²) < 4.78 is 7.15. The van der Waals surface area contributed by atoms with E-state index >= 15 is 0 Å². The summed E-state index contributed by atoms with van der Waals surface area (Å²) in [6.07, 6.45) is 3.61. The second-order valence-corrected chi connectivity index (χ2v) is 8.48. The number of benzene rings is 2. The molecule has 2 heterocycles. The van der Waals surface area contributed by atoms with Crippen LogP contribution in [0.5, 0.6) is 5.75 Å². The largest absolute Gasteiger partial charge is 0.493 e. The monoisotopic (exact) mass is 380 g/mol. The van der Waals surface area contributed by atoms with Crippen LogP contribution in [0.4, 0.5) is 0 Å². The highest BCUT2D eigenvalue weighted by atomic mass is 32.1. The lowest BCUT2D eigenvalue weighted by molar-refractivity contribution is 0.193. The van der Waals surface area contributed by atoms with Crippen molar-refractivity contribution in [2.45, 2.75) is 39.0 Å². The number of nitrogens with zero attached hydrogens (tertiary/aromatic N) is 2. The molecular formula is C23H28N2OS. The molecular weight excluding hydrogens is 352 g/mol. The Morgan fingerprint density at radius 2 is 2.00 bits per heavy atom. The van der Waals surface area contributed by atoms with E-state index in [1.54, 1.807) is 16.9 Å². The quantitative estimate of drug-likeness (QED) is 0.523. The van der Waals surface area contributed by atoms with Crippen LogP contribution in [0.15, 0.2) is 41.9 Å². The molecule has 27 heavy (non-hydrogen) atoms. The molecule has 0 spiro atoms. The van der Waals surface area contributed by atoms with Crippen molar-refractivity contribution in [3.8, 4) is 5.75 Å². The molecule has 0 radical (unpaired) electrons. The van der Waals surface area contributed by atoms with Crippen molar-refractivity contribution in [1.29, 1.82) is 0 Å². The molecule has 3 aromatic rings. The summed E-state index contributed by atoms with van der Waals surface area (Å²) in [7, 11) is 0. The van der Waals surface area contributed by atoms with E-state index < -0.39 is 0 Å². The number of fused-ring (bicyclic) bond motifs is 1. The molecule has 1 aliphatic heterocycles. The van der Waals surface area contributed by atoms with Crippen molar-refractivity contribution < 1.29 is 4.74 Å². The molecule has 0 amide bonds. The van der Waals surface area contributed by atoms with Gasteiger partial charge in [0.2, 0.25) is 0 Å². The zero-order valence-electron chi connectivity index (χ0n) is 16.3. The van der Waals surface area contributed by atoms with Gasteiger partial charge >= 0.3 is 0 Å². The van der Waals surface area contributed by atoms with Gasteiger partial charge in [-0.1, -0.05) is 18.2 Å². The number of hydrogen-bond donors (Lipinski definition) is 0. The third-order valence-electron chi connectivity index (χ3n) is 5.86. The van der Waals surface area contributed by atoms with E-state index in [0.29, 0.717) is 0 Å². The summed E-state index contributed by atoms with van der Waals surface area (Å²) in [6.45, 7) is 8.79. The SMILES string of the molecule is Cc1cccc(C2CCN(CCCOc3ccc4scnc4c3)CC2)c1C. The standard InChI is InChI=1S/C23H28N2OS/c1-17-5-3-6-21(18(17)2)19-9-12-25(13-10-19)11-4-14-26-20-7-8-23-22(15-20)24-16-27-23/h3,5-8,15-16,19H,4,9-14H2,1-2H3. The fourth-order valence-electron chi connectivity index (χ4n) is 4.09. The number of aryl methyl sites for hydroxylation is 1. The molecule has 2 aromatic carbocycles. The second-order valence-electron chi connectivity index (χ2n) is 7.59. The predicted octanol–water partition coefficient (Wildman–Crippen LogP) is 5.56. The average molecular weight is 381 g/mol. The van der Waals surface area contributed by atoms with Gasteiger partial charge in [-0.05, 0) is 80.9 Å². The normalized spacial score (nSPS) is 16.1. The van der Waals surface area contributed by atoms with Crippen LogP contribution in [0.1, 0.15) is 41.9 Å². The molecule has 0 unspecified atom stereocenters. The minimum absolute atomic E-state index is 0.724. The lowest BCUT2D eigenvalue weighted by Gasteiger charge is -2.33. The maximum Gasteiger partial charge on any atom is 0.121 e. The summed E-state index contributed by atoms with van der Waals surface area (Å²) in [5.74, 6) is 1.66. The van der Waals surface area contributed by atoms with Gasteiger partial charge in [-0.2, -0.15) is 0 Å². The van der Waals surface area contributed by atoms with Crippen LogP contribution in [-0.4, -0.2) is 36.1 Å². The van der Waals surface area contributed by atoms with Gasteiger partial charge in [0.15, 0.2) is 0 Å². The minimum atomic E-state index is 0.724. The Labute approximate surface area is 166 Å². The first-order valence-corrected chi connectivity index (χ1v) is 10.8. The first-order chi connectivity index (χ1) is 13.2. The Morgan fingerprint density at radius 1 is 1.15 bits per heavy atom. The molecule has 0 bridgehead atoms. The third kappa shape index (κ3) is 4.33. The lowest BCUT2D eigenvalue weighted by atomic mass is 9.85. The molecule has 3 nitrogen and oxygen atoms in total. The van der Waals surface area contributed by atoms with Gasteiger partial charge in [-0.3, -0.25) is 0 Å². The molecule has 4 rings (SSSR count). The van der Waals surface area contributed by atoms with E-state index in [0.717, 1.165) is 36.8 Å². The molecule has 4 heteroatoms. The first kappa shape index (κ1) is 18.5. The van der Waals surface area contributed by atoms with Crippen LogP contribution in [-0.2, 0) is 0 Å². The third-order valence-corrected chi connectivity index (χ3v) is 6.67. The van der Waals surface area contributed by atoms with E-state index in [1.807, 2.05) is 11.6 Å². The maximum absolute atomic E-state index is 5.93. The highest BCUT2D eigenvalue weighted by Crippen LogP contribution is 2.31. The second kappa shape index (κ2) is 8.41. The van der Waals surface area contributed by atoms with E-state index in [2.05, 4.69) is 54.1 Å². The van der Waals surface area contributed by atoms with Crippen LogP contribution in [0, 0.1) is 13.8 Å². The maximum atomic E-state index is 5.93. The Hall–Kier alpha value is -1.91. The van der Waals surface area contributed by atoms with E-state index in [9.17, 15) is 0 Å². The number of rotatable bonds is 6. The Bertz CT molecular complexity index is 896. The van der Waals surface area contributed by atoms with Gasteiger partial charge < -0.3 is 9.64 Å². The van der Waals surface area contributed by atoms with Gasteiger partial charge in [0, 0.05) is 12.6 Å². The molecule has 0 saturated carbocycles. The number of likely N-dealkylation sites (tertiary alicyclic amines) is 1. The molecule has 0 atom stereocenters. The highest BCUT2D eigenvalue weighted by Gasteiger charge is 2.21. The summed E-state index contributed by atoms with van der Waals surface area (Å²) >= 11 is 1.67. The van der Waals surface area contributed by atoms with Crippen LogP contribution < -0.4 is 4.74 Å². The Kier molecular flexibility index (Phi) is 5.74. The van der Waals surface area contributed by atoms with Crippen molar-refractivity contribution in [3.05, 3.63) is 58.6 Å². The van der Waals surface area contributed by atoms with E-state index in [4.69, 9.17) is 4.74 Å². The zero-order chi connectivity index (χ0) is 18.6. The fraction of sp³-hybridized carbons (Fsp3) is 0.435. The van der Waals surface area contributed by atoms with Gasteiger partial charge in [0.05, 0.1) is 22.3 Å². The van der Waals surface area contributed by atoms with Gasteiger partial charge in [-0.25, -0.2) is 4.98 Å². The molecule has 1 fully saturated rings.